The Bertz CT molecular complexity index is 506. The third-order valence-corrected chi connectivity index (χ3v) is 4.10. The third-order valence-electron chi connectivity index (χ3n) is 4.10. The molecule has 1 atom stereocenters. The molecule has 1 aromatic rings. The molecule has 0 aliphatic carbocycles. The first-order valence-corrected chi connectivity index (χ1v) is 6.38. The minimum absolute atomic E-state index is 0.563. The topological polar surface area (TPSA) is 66.9 Å². The molecular formula is C16H22N2O. The van der Waals surface area contributed by atoms with Crippen molar-refractivity contribution in [1.82, 2.24) is 0 Å². The minimum Gasteiger partial charge on any atom is -0.368 e. The first-order chi connectivity index (χ1) is 8.61. The fourth-order valence-corrected chi connectivity index (χ4v) is 3.05. The second kappa shape index (κ2) is 4.70. The van der Waals surface area contributed by atoms with Gasteiger partial charge in [0.25, 0.3) is 0 Å². The van der Waals surface area contributed by atoms with E-state index < -0.39 is 22.2 Å². The molecule has 0 radical (unpaired) electrons. The maximum Gasteiger partial charge on any atom is 0.239 e. The highest BCUT2D eigenvalue weighted by atomic mass is 16.1. The Hall–Kier alpha value is -1.82. The molecule has 0 saturated carbocycles. The number of nitriles is 1. The predicted molar refractivity (Wildman–Crippen MR) is 76.2 cm³/mol. The van der Waals surface area contributed by atoms with Gasteiger partial charge in [-0.1, -0.05) is 65.0 Å². The molecule has 0 aliphatic heterocycles. The summed E-state index contributed by atoms with van der Waals surface area (Å²) in [5.74, 6) is -0.573. The van der Waals surface area contributed by atoms with Crippen LogP contribution in [0.5, 0.6) is 0 Å². The van der Waals surface area contributed by atoms with E-state index in [0.29, 0.717) is 0 Å². The molecule has 1 aromatic carbocycles. The molecule has 19 heavy (non-hydrogen) atoms. The van der Waals surface area contributed by atoms with Crippen molar-refractivity contribution >= 4 is 5.91 Å². The summed E-state index contributed by atoms with van der Waals surface area (Å²) in [5.41, 5.74) is 4.05. The lowest BCUT2D eigenvalue weighted by Crippen LogP contribution is -2.57. The van der Waals surface area contributed by atoms with Gasteiger partial charge in [-0.2, -0.15) is 5.26 Å². The van der Waals surface area contributed by atoms with E-state index >= 15 is 0 Å². The fourth-order valence-electron chi connectivity index (χ4n) is 3.05. The van der Waals surface area contributed by atoms with E-state index in [1.54, 1.807) is 0 Å². The first kappa shape index (κ1) is 15.2. The quantitative estimate of drug-likeness (QED) is 0.905. The van der Waals surface area contributed by atoms with Gasteiger partial charge in [0.2, 0.25) is 5.91 Å². The van der Waals surface area contributed by atoms with Gasteiger partial charge in [-0.3, -0.25) is 4.79 Å². The predicted octanol–water partition coefficient (Wildman–Crippen LogP) is 3.01. The minimum atomic E-state index is -1.28. The van der Waals surface area contributed by atoms with E-state index in [-0.39, 0.29) is 0 Å². The number of hydrogen-bond donors (Lipinski definition) is 1. The third kappa shape index (κ3) is 2.12. The zero-order chi connectivity index (χ0) is 14.9. The average Bonchev–Trinajstić information content (AvgIpc) is 2.28. The lowest BCUT2D eigenvalue weighted by Gasteiger charge is -2.48. The van der Waals surface area contributed by atoms with Crippen LogP contribution in [0.4, 0.5) is 0 Å². The van der Waals surface area contributed by atoms with E-state index in [9.17, 15) is 10.1 Å². The largest absolute Gasteiger partial charge is 0.368 e. The molecule has 1 unspecified atom stereocenters. The molecule has 0 spiro atoms. The van der Waals surface area contributed by atoms with Gasteiger partial charge in [-0.25, -0.2) is 0 Å². The summed E-state index contributed by atoms with van der Waals surface area (Å²) in [6, 6.07) is 11.8. The number of amides is 1. The summed E-state index contributed by atoms with van der Waals surface area (Å²) in [6.45, 7) is 9.45. The second-order valence-corrected chi connectivity index (χ2v) is 6.47. The Morgan fingerprint density at radius 3 is 1.89 bits per heavy atom. The Morgan fingerprint density at radius 1 is 1.11 bits per heavy atom. The molecule has 3 heteroatoms. The van der Waals surface area contributed by atoms with Crippen LogP contribution in [0.3, 0.4) is 0 Å². The normalized spacial score (nSPS) is 15.4. The van der Waals surface area contributed by atoms with Crippen LogP contribution in [0, 0.1) is 22.2 Å². The second-order valence-electron chi connectivity index (χ2n) is 6.47. The molecular weight excluding hydrogens is 236 g/mol. The van der Waals surface area contributed by atoms with Crippen LogP contribution >= 0.6 is 0 Å². The lowest BCUT2D eigenvalue weighted by atomic mass is 9.52. The first-order valence-electron chi connectivity index (χ1n) is 6.38. The van der Waals surface area contributed by atoms with Gasteiger partial charge in [0, 0.05) is 5.41 Å². The van der Waals surface area contributed by atoms with Crippen LogP contribution in [-0.2, 0) is 10.2 Å². The number of primary amides is 1. The summed E-state index contributed by atoms with van der Waals surface area (Å²) < 4.78 is 0. The van der Waals surface area contributed by atoms with Crippen LogP contribution < -0.4 is 5.73 Å². The van der Waals surface area contributed by atoms with Gasteiger partial charge in [0.15, 0.2) is 0 Å². The Morgan fingerprint density at radius 2 is 1.58 bits per heavy atom. The highest BCUT2D eigenvalue weighted by molar-refractivity contribution is 5.87. The summed E-state index contributed by atoms with van der Waals surface area (Å²) in [7, 11) is 0. The van der Waals surface area contributed by atoms with Crippen molar-refractivity contribution in [2.24, 2.45) is 16.6 Å². The van der Waals surface area contributed by atoms with E-state index in [1.807, 2.05) is 65.0 Å². The van der Waals surface area contributed by atoms with E-state index in [1.165, 1.54) is 0 Å². The standard InChI is InChI=1S/C16H22N2O/c1-14(2,3)16(11-17,13(18)19)15(4,5)12-9-7-6-8-10-12/h6-10H,1-5H3,(H2,18,19). The van der Waals surface area contributed by atoms with Crippen molar-refractivity contribution < 1.29 is 4.79 Å². The molecule has 0 saturated heterocycles. The lowest BCUT2D eigenvalue weighted by molar-refractivity contribution is -0.134. The molecule has 0 fully saturated rings. The Kier molecular flexibility index (Phi) is 3.77. The molecule has 0 aliphatic rings. The smallest absolute Gasteiger partial charge is 0.239 e. The molecule has 2 N–H and O–H groups in total. The SMILES string of the molecule is CC(C)(C)C(C#N)(C(N)=O)C(C)(C)c1ccccc1. The zero-order valence-electron chi connectivity index (χ0n) is 12.3. The van der Waals surface area contributed by atoms with E-state index in [0.717, 1.165) is 5.56 Å². The summed E-state index contributed by atoms with van der Waals surface area (Å²) in [4.78, 5) is 12.1. The number of nitrogens with zero attached hydrogens (tertiary/aromatic N) is 1. The van der Waals surface area contributed by atoms with Crippen molar-refractivity contribution in [2.75, 3.05) is 0 Å². The van der Waals surface area contributed by atoms with Gasteiger partial charge in [-0.05, 0) is 11.0 Å². The van der Waals surface area contributed by atoms with Crippen LogP contribution in [0.2, 0.25) is 0 Å². The Balaban J connectivity index is 3.60. The van der Waals surface area contributed by atoms with Crippen molar-refractivity contribution in [1.29, 1.82) is 5.26 Å². The number of carbonyl (C=O) groups is 1. The number of hydrogen-bond acceptors (Lipinski definition) is 2. The molecule has 0 bridgehead atoms. The van der Waals surface area contributed by atoms with Crippen molar-refractivity contribution in [3.63, 3.8) is 0 Å². The summed E-state index contributed by atoms with van der Waals surface area (Å²) in [6.07, 6.45) is 0. The summed E-state index contributed by atoms with van der Waals surface area (Å²) in [5, 5.41) is 9.73. The van der Waals surface area contributed by atoms with Crippen LogP contribution in [0.25, 0.3) is 0 Å². The van der Waals surface area contributed by atoms with Crippen LogP contribution in [0.1, 0.15) is 40.2 Å². The average molecular weight is 258 g/mol. The number of carbonyl (C=O) groups excluding carboxylic acids is 1. The summed E-state index contributed by atoms with van der Waals surface area (Å²) >= 11 is 0. The number of rotatable bonds is 3. The molecule has 3 nitrogen and oxygen atoms in total. The zero-order valence-corrected chi connectivity index (χ0v) is 12.3. The molecule has 1 rings (SSSR count). The van der Waals surface area contributed by atoms with Gasteiger partial charge in [-0.15, -0.1) is 0 Å². The highest BCUT2D eigenvalue weighted by Crippen LogP contribution is 2.52. The molecule has 0 aromatic heterocycles. The molecule has 0 heterocycles. The van der Waals surface area contributed by atoms with Gasteiger partial charge >= 0.3 is 0 Å². The van der Waals surface area contributed by atoms with Gasteiger partial charge in [0.1, 0.15) is 5.41 Å². The number of nitrogens with two attached hydrogens (primary N) is 1. The van der Waals surface area contributed by atoms with Crippen molar-refractivity contribution in [3.8, 4) is 6.07 Å². The maximum absolute atomic E-state index is 12.1. The van der Waals surface area contributed by atoms with Gasteiger partial charge in [0.05, 0.1) is 6.07 Å². The van der Waals surface area contributed by atoms with E-state index in [2.05, 4.69) is 6.07 Å². The number of benzene rings is 1. The van der Waals surface area contributed by atoms with Crippen molar-refractivity contribution in [3.05, 3.63) is 35.9 Å². The highest BCUT2D eigenvalue weighted by Gasteiger charge is 2.58. The monoisotopic (exact) mass is 258 g/mol. The van der Waals surface area contributed by atoms with Crippen molar-refractivity contribution in [2.45, 2.75) is 40.0 Å². The molecule has 1 amide bonds. The van der Waals surface area contributed by atoms with E-state index in [4.69, 9.17) is 5.73 Å². The molecule has 102 valence electrons. The Labute approximate surface area is 115 Å². The van der Waals surface area contributed by atoms with Crippen LogP contribution in [-0.4, -0.2) is 5.91 Å². The maximum atomic E-state index is 12.1. The van der Waals surface area contributed by atoms with Gasteiger partial charge < -0.3 is 5.73 Å². The fraction of sp³-hybridized carbons (Fsp3) is 0.500. The van der Waals surface area contributed by atoms with Crippen LogP contribution in [0.15, 0.2) is 30.3 Å².